The maximum atomic E-state index is 12.3. The van der Waals surface area contributed by atoms with E-state index in [1.165, 1.54) is 31.5 Å². The molecule has 0 saturated heterocycles. The molecule has 1 N–H and O–H groups in total. The predicted molar refractivity (Wildman–Crippen MR) is 92.0 cm³/mol. The molecule has 0 unspecified atom stereocenters. The van der Waals surface area contributed by atoms with Gasteiger partial charge in [0.2, 0.25) is 0 Å². The van der Waals surface area contributed by atoms with Crippen molar-refractivity contribution in [3.63, 3.8) is 0 Å². The topological polar surface area (TPSA) is 92.9 Å². The number of nitrogens with zero attached hydrogens (tertiary/aromatic N) is 2. The average Bonchev–Trinajstić information content (AvgIpc) is 2.67. The Labute approximate surface area is 153 Å². The fourth-order valence-corrected chi connectivity index (χ4v) is 1.94. The zero-order valence-corrected chi connectivity index (χ0v) is 14.2. The molecule has 2 rings (SSSR count). The van der Waals surface area contributed by atoms with Gasteiger partial charge in [-0.3, -0.25) is 4.79 Å². The van der Waals surface area contributed by atoms with Gasteiger partial charge < -0.3 is 14.2 Å². The zero-order valence-electron chi connectivity index (χ0n) is 14.2. The van der Waals surface area contributed by atoms with Gasteiger partial charge in [-0.25, -0.2) is 5.43 Å². The second-order valence-corrected chi connectivity index (χ2v) is 5.01. The lowest BCUT2D eigenvalue weighted by molar-refractivity contribution is -0.123. The number of carbonyl (C=O) groups is 1. The van der Waals surface area contributed by atoms with Gasteiger partial charge in [-0.1, -0.05) is 0 Å². The molecular formula is C18H15F2N3O4. The standard InChI is InChI=1S/C18H15F2N3O4/c1-25-16-8-13(4-7-15(16)27-18(19)20)10-22-23-17(24)11-26-14-5-2-12(9-21)3-6-14/h2-8,10,18H,11H2,1H3,(H,23,24)/b22-10+. The Bertz CT molecular complexity index is 849. The second kappa shape index (κ2) is 9.72. The number of hydrogen-bond acceptors (Lipinski definition) is 6. The molecule has 2 aromatic carbocycles. The Balaban J connectivity index is 1.86. The molecule has 0 atom stereocenters. The number of hydrazone groups is 1. The number of carbonyl (C=O) groups excluding carboxylic acids is 1. The summed E-state index contributed by atoms with van der Waals surface area (Å²) >= 11 is 0. The Kier molecular flexibility index (Phi) is 7.07. The quantitative estimate of drug-likeness (QED) is 0.566. The first-order valence-electron chi connectivity index (χ1n) is 7.59. The van der Waals surface area contributed by atoms with E-state index in [1.807, 2.05) is 6.07 Å². The van der Waals surface area contributed by atoms with Gasteiger partial charge in [0.25, 0.3) is 5.91 Å². The third-order valence-corrected chi connectivity index (χ3v) is 3.16. The van der Waals surface area contributed by atoms with Crippen LogP contribution in [0.2, 0.25) is 0 Å². The molecule has 140 valence electrons. The molecule has 9 heteroatoms. The van der Waals surface area contributed by atoms with Gasteiger partial charge in [-0.2, -0.15) is 19.1 Å². The largest absolute Gasteiger partial charge is 0.493 e. The van der Waals surface area contributed by atoms with Crippen molar-refractivity contribution >= 4 is 12.1 Å². The van der Waals surface area contributed by atoms with Gasteiger partial charge in [0.05, 0.1) is 25.0 Å². The minimum Gasteiger partial charge on any atom is -0.493 e. The van der Waals surface area contributed by atoms with Crippen LogP contribution in [0.5, 0.6) is 17.2 Å². The van der Waals surface area contributed by atoms with Crippen LogP contribution in [0.15, 0.2) is 47.6 Å². The summed E-state index contributed by atoms with van der Waals surface area (Å²) in [4.78, 5) is 11.7. The Morgan fingerprint density at radius 3 is 2.63 bits per heavy atom. The van der Waals surface area contributed by atoms with E-state index in [-0.39, 0.29) is 18.1 Å². The van der Waals surface area contributed by atoms with E-state index in [0.29, 0.717) is 16.9 Å². The molecule has 2 aromatic rings. The number of benzene rings is 2. The first kappa shape index (κ1) is 19.7. The van der Waals surface area contributed by atoms with Crippen LogP contribution in [0.3, 0.4) is 0 Å². The third kappa shape index (κ3) is 6.28. The molecule has 0 bridgehead atoms. The maximum Gasteiger partial charge on any atom is 0.387 e. The number of alkyl halides is 2. The molecule has 0 saturated carbocycles. The molecule has 27 heavy (non-hydrogen) atoms. The highest BCUT2D eigenvalue weighted by molar-refractivity contribution is 5.83. The summed E-state index contributed by atoms with van der Waals surface area (Å²) in [6.45, 7) is -3.23. The van der Waals surface area contributed by atoms with E-state index in [1.54, 1.807) is 24.3 Å². The summed E-state index contributed by atoms with van der Waals surface area (Å²) in [5.41, 5.74) is 3.25. The number of methoxy groups -OCH3 is 1. The number of nitriles is 1. The number of amides is 1. The monoisotopic (exact) mass is 375 g/mol. The van der Waals surface area contributed by atoms with Crippen LogP contribution in [0.25, 0.3) is 0 Å². The average molecular weight is 375 g/mol. The molecule has 0 heterocycles. The fraction of sp³-hybridized carbons (Fsp3) is 0.167. The molecule has 0 fully saturated rings. The Morgan fingerprint density at radius 2 is 2.00 bits per heavy atom. The van der Waals surface area contributed by atoms with Crippen molar-refractivity contribution in [2.75, 3.05) is 13.7 Å². The molecular weight excluding hydrogens is 360 g/mol. The van der Waals surface area contributed by atoms with Crippen molar-refractivity contribution in [3.8, 4) is 23.3 Å². The SMILES string of the molecule is COc1cc(/C=N/NC(=O)COc2ccc(C#N)cc2)ccc1OC(F)F. The van der Waals surface area contributed by atoms with Crippen molar-refractivity contribution in [3.05, 3.63) is 53.6 Å². The minimum absolute atomic E-state index is 0.106. The maximum absolute atomic E-state index is 12.3. The highest BCUT2D eigenvalue weighted by atomic mass is 19.3. The first-order valence-corrected chi connectivity index (χ1v) is 7.59. The van der Waals surface area contributed by atoms with Crippen LogP contribution >= 0.6 is 0 Å². The van der Waals surface area contributed by atoms with Crippen molar-refractivity contribution in [2.24, 2.45) is 5.10 Å². The van der Waals surface area contributed by atoms with Gasteiger partial charge >= 0.3 is 6.61 Å². The molecule has 0 aliphatic heterocycles. The molecule has 0 aliphatic carbocycles. The fourth-order valence-electron chi connectivity index (χ4n) is 1.94. The molecule has 7 nitrogen and oxygen atoms in total. The van der Waals surface area contributed by atoms with E-state index in [2.05, 4.69) is 15.3 Å². The molecule has 0 radical (unpaired) electrons. The van der Waals surface area contributed by atoms with Gasteiger partial charge in [-0.05, 0) is 48.0 Å². The first-order chi connectivity index (χ1) is 13.0. The number of ether oxygens (including phenoxy) is 3. The summed E-state index contributed by atoms with van der Waals surface area (Å²) in [6.07, 6.45) is 1.31. The van der Waals surface area contributed by atoms with Crippen LogP contribution in [-0.4, -0.2) is 32.4 Å². The summed E-state index contributed by atoms with van der Waals surface area (Å²) in [6, 6.07) is 12.5. The van der Waals surface area contributed by atoms with Gasteiger partial charge in [0.1, 0.15) is 5.75 Å². The number of hydrogen-bond donors (Lipinski definition) is 1. The van der Waals surface area contributed by atoms with E-state index in [0.717, 1.165) is 0 Å². The van der Waals surface area contributed by atoms with Crippen LogP contribution < -0.4 is 19.6 Å². The van der Waals surface area contributed by atoms with E-state index in [4.69, 9.17) is 14.7 Å². The summed E-state index contributed by atoms with van der Waals surface area (Å²) in [7, 11) is 1.32. The van der Waals surface area contributed by atoms with E-state index >= 15 is 0 Å². The number of rotatable bonds is 8. The number of halogens is 2. The van der Waals surface area contributed by atoms with Gasteiger partial charge in [-0.15, -0.1) is 0 Å². The lowest BCUT2D eigenvalue weighted by Crippen LogP contribution is -2.24. The lowest BCUT2D eigenvalue weighted by atomic mass is 10.2. The summed E-state index contributed by atoms with van der Waals surface area (Å²) < 4.78 is 39.1. The second-order valence-electron chi connectivity index (χ2n) is 5.01. The molecule has 0 spiro atoms. The van der Waals surface area contributed by atoms with Crippen LogP contribution in [0.4, 0.5) is 8.78 Å². The molecule has 0 aromatic heterocycles. The normalized spacial score (nSPS) is 10.5. The third-order valence-electron chi connectivity index (χ3n) is 3.16. The predicted octanol–water partition coefficient (Wildman–Crippen LogP) is 2.70. The van der Waals surface area contributed by atoms with Gasteiger partial charge in [0, 0.05) is 0 Å². The smallest absolute Gasteiger partial charge is 0.387 e. The highest BCUT2D eigenvalue weighted by Crippen LogP contribution is 2.28. The van der Waals surface area contributed by atoms with E-state index in [9.17, 15) is 13.6 Å². The van der Waals surface area contributed by atoms with Gasteiger partial charge in [0.15, 0.2) is 18.1 Å². The van der Waals surface area contributed by atoms with Crippen molar-refractivity contribution < 1.29 is 27.8 Å². The van der Waals surface area contributed by atoms with E-state index < -0.39 is 12.5 Å². The Hall–Kier alpha value is -3.67. The summed E-state index contributed by atoms with van der Waals surface area (Å²) in [5.74, 6) is -0.0630. The van der Waals surface area contributed by atoms with Crippen LogP contribution in [0, 0.1) is 11.3 Å². The van der Waals surface area contributed by atoms with Crippen molar-refractivity contribution in [2.45, 2.75) is 6.61 Å². The minimum atomic E-state index is -2.96. The zero-order chi connectivity index (χ0) is 19.6. The Morgan fingerprint density at radius 1 is 1.26 bits per heavy atom. The lowest BCUT2D eigenvalue weighted by Gasteiger charge is -2.10. The number of nitrogens with one attached hydrogen (secondary N) is 1. The van der Waals surface area contributed by atoms with Crippen LogP contribution in [-0.2, 0) is 4.79 Å². The van der Waals surface area contributed by atoms with Crippen LogP contribution in [0.1, 0.15) is 11.1 Å². The molecule has 1 amide bonds. The van der Waals surface area contributed by atoms with Crippen molar-refractivity contribution in [1.82, 2.24) is 5.43 Å². The van der Waals surface area contributed by atoms with Crippen molar-refractivity contribution in [1.29, 1.82) is 5.26 Å². The summed E-state index contributed by atoms with van der Waals surface area (Å²) in [5, 5.41) is 12.5. The molecule has 0 aliphatic rings. The highest BCUT2D eigenvalue weighted by Gasteiger charge is 2.10.